The van der Waals surface area contributed by atoms with Crippen LogP contribution in [0, 0.1) is 16.0 Å². The van der Waals surface area contributed by atoms with Crippen LogP contribution in [-0.4, -0.2) is 48.3 Å². The van der Waals surface area contributed by atoms with Crippen molar-refractivity contribution < 1.29 is 19.2 Å². The van der Waals surface area contributed by atoms with Crippen molar-refractivity contribution in [3.63, 3.8) is 0 Å². The van der Waals surface area contributed by atoms with Crippen LogP contribution in [0.15, 0.2) is 30.3 Å². The van der Waals surface area contributed by atoms with E-state index in [0.29, 0.717) is 31.9 Å². The second-order valence-corrected chi connectivity index (χ2v) is 5.95. The Morgan fingerprint density at radius 3 is 2.79 bits per heavy atom. The summed E-state index contributed by atoms with van der Waals surface area (Å²) in [7, 11) is 0. The lowest BCUT2D eigenvalue weighted by Gasteiger charge is -2.34. The quantitative estimate of drug-likeness (QED) is 0.480. The number of hydrogen-bond donors (Lipinski definition) is 0. The zero-order chi connectivity index (χ0) is 16.9. The van der Waals surface area contributed by atoms with Gasteiger partial charge in [0.05, 0.1) is 23.7 Å². The Balaban J connectivity index is 1.65. The number of benzene rings is 1. The van der Waals surface area contributed by atoms with Crippen LogP contribution in [0.4, 0.5) is 5.69 Å². The Labute approximate surface area is 140 Å². The number of likely N-dealkylation sites (tertiary alicyclic amines) is 1. The number of amides is 1. The van der Waals surface area contributed by atoms with E-state index in [1.165, 1.54) is 18.2 Å². The number of rotatable bonds is 4. The number of hydrogen-bond acceptors (Lipinski definition) is 5. The highest BCUT2D eigenvalue weighted by atomic mass is 16.7. The van der Waals surface area contributed by atoms with Gasteiger partial charge in [-0.15, -0.1) is 0 Å². The second kappa shape index (κ2) is 7.55. The van der Waals surface area contributed by atoms with Crippen LogP contribution in [0.2, 0.25) is 0 Å². The zero-order valence-electron chi connectivity index (χ0n) is 13.3. The van der Waals surface area contributed by atoms with E-state index in [2.05, 4.69) is 0 Å². The predicted molar refractivity (Wildman–Crippen MR) is 87.1 cm³/mol. The van der Waals surface area contributed by atoms with Crippen LogP contribution in [0.3, 0.4) is 0 Å². The SMILES string of the molecule is O=C(/C=C/c1ccccc1[N+](=O)[O-])N1CCC[C@@H](C2OCCO2)C1. The molecule has 1 aromatic carbocycles. The van der Waals surface area contributed by atoms with Crippen molar-refractivity contribution in [2.75, 3.05) is 26.3 Å². The molecule has 128 valence electrons. The van der Waals surface area contributed by atoms with E-state index in [9.17, 15) is 14.9 Å². The summed E-state index contributed by atoms with van der Waals surface area (Å²) in [5, 5.41) is 11.0. The van der Waals surface area contributed by atoms with E-state index >= 15 is 0 Å². The van der Waals surface area contributed by atoms with Gasteiger partial charge in [0.1, 0.15) is 0 Å². The molecular weight excluding hydrogens is 312 g/mol. The van der Waals surface area contributed by atoms with Crippen LogP contribution in [0.25, 0.3) is 6.08 Å². The van der Waals surface area contributed by atoms with Crippen LogP contribution in [0.1, 0.15) is 18.4 Å². The molecule has 0 radical (unpaired) electrons. The minimum absolute atomic E-state index is 0.00849. The van der Waals surface area contributed by atoms with Crippen molar-refractivity contribution in [3.05, 3.63) is 46.0 Å². The monoisotopic (exact) mass is 332 g/mol. The highest BCUT2D eigenvalue weighted by Gasteiger charge is 2.32. The van der Waals surface area contributed by atoms with Crippen LogP contribution >= 0.6 is 0 Å². The molecule has 0 unspecified atom stereocenters. The number of piperidine rings is 1. The van der Waals surface area contributed by atoms with Gasteiger partial charge >= 0.3 is 0 Å². The van der Waals surface area contributed by atoms with E-state index in [4.69, 9.17) is 9.47 Å². The van der Waals surface area contributed by atoms with Crippen molar-refractivity contribution >= 4 is 17.7 Å². The molecule has 2 saturated heterocycles. The van der Waals surface area contributed by atoms with Gasteiger partial charge in [-0.2, -0.15) is 0 Å². The number of ether oxygens (including phenoxy) is 2. The molecule has 1 aromatic rings. The van der Waals surface area contributed by atoms with Crippen LogP contribution in [-0.2, 0) is 14.3 Å². The van der Waals surface area contributed by atoms with Crippen molar-refractivity contribution in [3.8, 4) is 0 Å². The third kappa shape index (κ3) is 3.80. The first-order valence-electron chi connectivity index (χ1n) is 8.09. The maximum atomic E-state index is 12.4. The smallest absolute Gasteiger partial charge is 0.276 e. The van der Waals surface area contributed by atoms with Gasteiger partial charge in [0.25, 0.3) is 5.69 Å². The average molecular weight is 332 g/mol. The molecule has 0 aromatic heterocycles. The predicted octanol–water partition coefficient (Wildman–Crippen LogP) is 2.22. The van der Waals surface area contributed by atoms with E-state index < -0.39 is 4.92 Å². The number of carbonyl (C=O) groups is 1. The van der Waals surface area contributed by atoms with Crippen molar-refractivity contribution in [2.24, 2.45) is 5.92 Å². The molecule has 0 aliphatic carbocycles. The molecular formula is C17H20N2O5. The molecule has 24 heavy (non-hydrogen) atoms. The van der Waals surface area contributed by atoms with Gasteiger partial charge in [0.15, 0.2) is 6.29 Å². The van der Waals surface area contributed by atoms with E-state index in [1.54, 1.807) is 23.1 Å². The van der Waals surface area contributed by atoms with Crippen molar-refractivity contribution in [1.29, 1.82) is 0 Å². The van der Waals surface area contributed by atoms with Gasteiger partial charge in [-0.3, -0.25) is 14.9 Å². The van der Waals surface area contributed by atoms with Crippen molar-refractivity contribution in [1.82, 2.24) is 4.90 Å². The van der Waals surface area contributed by atoms with E-state index in [1.807, 2.05) is 0 Å². The summed E-state index contributed by atoms with van der Waals surface area (Å²) in [6, 6.07) is 6.37. The number of carbonyl (C=O) groups excluding carboxylic acids is 1. The highest BCUT2D eigenvalue weighted by Crippen LogP contribution is 2.25. The highest BCUT2D eigenvalue weighted by molar-refractivity contribution is 5.92. The summed E-state index contributed by atoms with van der Waals surface area (Å²) >= 11 is 0. The topological polar surface area (TPSA) is 81.9 Å². The Bertz CT molecular complexity index is 640. The Hall–Kier alpha value is -2.25. The molecule has 7 nitrogen and oxygen atoms in total. The third-order valence-electron chi connectivity index (χ3n) is 4.34. The fourth-order valence-electron chi connectivity index (χ4n) is 3.14. The third-order valence-corrected chi connectivity index (χ3v) is 4.34. The summed E-state index contributed by atoms with van der Waals surface area (Å²) in [6.45, 7) is 2.48. The zero-order valence-corrected chi connectivity index (χ0v) is 13.3. The average Bonchev–Trinajstić information content (AvgIpc) is 3.14. The fraction of sp³-hybridized carbons (Fsp3) is 0.471. The first-order chi connectivity index (χ1) is 11.6. The Morgan fingerprint density at radius 1 is 1.29 bits per heavy atom. The molecule has 0 spiro atoms. The lowest BCUT2D eigenvalue weighted by Crippen LogP contribution is -2.43. The lowest BCUT2D eigenvalue weighted by molar-refractivity contribution is -0.385. The van der Waals surface area contributed by atoms with Crippen LogP contribution in [0.5, 0.6) is 0 Å². The van der Waals surface area contributed by atoms with Gasteiger partial charge in [0, 0.05) is 31.1 Å². The van der Waals surface area contributed by atoms with Gasteiger partial charge in [-0.25, -0.2) is 0 Å². The minimum Gasteiger partial charge on any atom is -0.350 e. The minimum atomic E-state index is -0.449. The van der Waals surface area contributed by atoms with Gasteiger partial charge < -0.3 is 14.4 Å². The Morgan fingerprint density at radius 2 is 2.04 bits per heavy atom. The maximum Gasteiger partial charge on any atom is 0.276 e. The molecule has 0 saturated carbocycles. The number of nitrogens with zero attached hydrogens (tertiary/aromatic N) is 2. The van der Waals surface area contributed by atoms with Crippen molar-refractivity contribution in [2.45, 2.75) is 19.1 Å². The summed E-state index contributed by atoms with van der Waals surface area (Å²) < 4.78 is 11.1. The lowest BCUT2D eigenvalue weighted by atomic mass is 9.97. The summed E-state index contributed by atoms with van der Waals surface area (Å²) in [4.78, 5) is 24.7. The largest absolute Gasteiger partial charge is 0.350 e. The van der Waals surface area contributed by atoms with E-state index in [-0.39, 0.29) is 23.8 Å². The normalized spacial score (nSPS) is 22.2. The van der Waals surface area contributed by atoms with Gasteiger partial charge in [0.2, 0.25) is 5.91 Å². The molecule has 3 rings (SSSR count). The first-order valence-corrected chi connectivity index (χ1v) is 8.09. The molecule has 1 atom stereocenters. The molecule has 1 amide bonds. The first kappa shape index (κ1) is 16.6. The maximum absolute atomic E-state index is 12.4. The summed E-state index contributed by atoms with van der Waals surface area (Å²) in [5.74, 6) is 0.0421. The number of nitro benzene ring substituents is 1. The molecule has 2 aliphatic rings. The molecule has 0 N–H and O–H groups in total. The Kier molecular flexibility index (Phi) is 5.22. The number of nitro groups is 1. The number of para-hydroxylation sites is 1. The van der Waals surface area contributed by atoms with Gasteiger partial charge in [-0.1, -0.05) is 12.1 Å². The summed E-state index contributed by atoms with van der Waals surface area (Å²) in [6.07, 6.45) is 4.56. The molecule has 2 aliphatic heterocycles. The summed E-state index contributed by atoms with van der Waals surface area (Å²) in [5.41, 5.74) is 0.415. The van der Waals surface area contributed by atoms with Crippen LogP contribution < -0.4 is 0 Å². The van der Waals surface area contributed by atoms with Gasteiger partial charge in [-0.05, 0) is 25.0 Å². The molecule has 0 bridgehead atoms. The molecule has 2 heterocycles. The fourth-order valence-corrected chi connectivity index (χ4v) is 3.14. The molecule has 2 fully saturated rings. The molecule has 7 heteroatoms. The standard InChI is InChI=1S/C17H20N2O5/c20-16(8-7-13-4-1-2-6-15(13)19(21)22)18-9-3-5-14(12-18)17-23-10-11-24-17/h1-2,4,6-8,14,17H,3,5,9-12H2/b8-7+/t14-/m1/s1. The van der Waals surface area contributed by atoms with E-state index in [0.717, 1.165) is 12.8 Å². The second-order valence-electron chi connectivity index (χ2n) is 5.95.